The lowest BCUT2D eigenvalue weighted by Gasteiger charge is -2.34. The van der Waals surface area contributed by atoms with Crippen molar-refractivity contribution in [2.24, 2.45) is 27.8 Å². The number of rotatable bonds is 10. The maximum Gasteiger partial charge on any atom is 0.0801 e. The second-order valence-electron chi connectivity index (χ2n) is 6.95. The monoisotopic (exact) mass is 331 g/mol. The van der Waals surface area contributed by atoms with E-state index in [1.165, 1.54) is 75.9 Å². The highest BCUT2D eigenvalue weighted by atomic mass is 14.8. The minimum atomic E-state index is 0.606. The van der Waals surface area contributed by atoms with Gasteiger partial charge in [-0.2, -0.15) is 0 Å². The molecule has 3 nitrogen and oxygen atoms in total. The van der Waals surface area contributed by atoms with Crippen LogP contribution in [0.4, 0.5) is 0 Å². The number of hydrogen-bond donors (Lipinski definition) is 2. The van der Waals surface area contributed by atoms with Crippen LogP contribution < -0.4 is 11.5 Å². The van der Waals surface area contributed by atoms with E-state index in [2.05, 4.69) is 48.8 Å². The van der Waals surface area contributed by atoms with Gasteiger partial charge in [-0.05, 0) is 68.0 Å². The minimum absolute atomic E-state index is 0.606. The van der Waals surface area contributed by atoms with Crippen LogP contribution >= 0.6 is 0 Å². The van der Waals surface area contributed by atoms with E-state index in [-0.39, 0.29) is 0 Å². The highest BCUT2D eigenvalue weighted by Crippen LogP contribution is 2.53. The predicted molar refractivity (Wildman–Crippen MR) is 106 cm³/mol. The molecule has 0 unspecified atom stereocenters. The highest BCUT2D eigenvalue weighted by Gasteiger charge is 2.42. The summed E-state index contributed by atoms with van der Waals surface area (Å²) in [5, 5.41) is 0. The third kappa shape index (κ3) is 6.27. The van der Waals surface area contributed by atoms with Gasteiger partial charge < -0.3 is 11.5 Å². The third-order valence-corrected chi connectivity index (χ3v) is 5.22. The second-order valence-corrected chi connectivity index (χ2v) is 6.95. The zero-order valence-electron chi connectivity index (χ0n) is 15.9. The SMILES string of the molecule is CCCC(CCC)(CCc1cccc(CN=CN)c1)C1CC1.CN. The van der Waals surface area contributed by atoms with Gasteiger partial charge in [-0.1, -0.05) is 51.0 Å². The molecule has 0 saturated heterocycles. The molecule has 1 aliphatic carbocycles. The molecule has 1 aliphatic rings. The molecule has 1 fully saturated rings. The molecular formula is C21H37N3. The number of hydrogen-bond acceptors (Lipinski definition) is 2. The molecule has 24 heavy (non-hydrogen) atoms. The molecule has 0 heterocycles. The summed E-state index contributed by atoms with van der Waals surface area (Å²) in [6, 6.07) is 8.88. The Kier molecular flexibility index (Phi) is 9.70. The van der Waals surface area contributed by atoms with E-state index in [0.29, 0.717) is 12.0 Å². The topological polar surface area (TPSA) is 64.4 Å². The van der Waals surface area contributed by atoms with Gasteiger partial charge in [0.15, 0.2) is 0 Å². The van der Waals surface area contributed by atoms with Gasteiger partial charge in [0, 0.05) is 0 Å². The number of nitrogens with zero attached hydrogens (tertiary/aromatic N) is 1. The first-order valence-electron chi connectivity index (χ1n) is 9.59. The Balaban J connectivity index is 0.00000139. The van der Waals surface area contributed by atoms with Crippen LogP contribution in [-0.2, 0) is 13.0 Å². The van der Waals surface area contributed by atoms with E-state index in [1.54, 1.807) is 0 Å². The summed E-state index contributed by atoms with van der Waals surface area (Å²) in [6.45, 7) is 5.39. The predicted octanol–water partition coefficient (Wildman–Crippen LogP) is 4.68. The summed E-state index contributed by atoms with van der Waals surface area (Å²) in [7, 11) is 1.50. The van der Waals surface area contributed by atoms with Crippen LogP contribution in [0.5, 0.6) is 0 Å². The van der Waals surface area contributed by atoms with Gasteiger partial charge in [0.05, 0.1) is 12.9 Å². The average molecular weight is 332 g/mol. The lowest BCUT2D eigenvalue weighted by molar-refractivity contribution is 0.174. The van der Waals surface area contributed by atoms with Crippen LogP contribution in [0.25, 0.3) is 0 Å². The fourth-order valence-corrected chi connectivity index (χ4v) is 4.11. The standard InChI is InChI=1S/C20H32N2.CH5N/c1-3-11-20(12-4-2,19-8-9-19)13-10-17-6-5-7-18(14-17)15-22-16-21;1-2/h5-7,14,16,19H,3-4,8-13,15H2,1-2H3,(H2,21,22);2H2,1H3. The molecule has 0 aliphatic heterocycles. The van der Waals surface area contributed by atoms with E-state index in [0.717, 1.165) is 5.92 Å². The van der Waals surface area contributed by atoms with E-state index < -0.39 is 0 Å². The summed E-state index contributed by atoms with van der Waals surface area (Å²) in [6.07, 6.45) is 12.3. The van der Waals surface area contributed by atoms with E-state index in [1.807, 2.05) is 0 Å². The summed E-state index contributed by atoms with van der Waals surface area (Å²) in [4.78, 5) is 4.14. The molecule has 1 aromatic carbocycles. The van der Waals surface area contributed by atoms with Gasteiger partial charge in [-0.25, -0.2) is 0 Å². The molecule has 0 amide bonds. The molecule has 0 radical (unpaired) electrons. The summed E-state index contributed by atoms with van der Waals surface area (Å²) >= 11 is 0. The lowest BCUT2D eigenvalue weighted by Crippen LogP contribution is -2.24. The molecule has 1 saturated carbocycles. The first-order valence-corrected chi connectivity index (χ1v) is 9.59. The summed E-state index contributed by atoms with van der Waals surface area (Å²) in [5.74, 6) is 0.998. The van der Waals surface area contributed by atoms with Crippen molar-refractivity contribution in [3.8, 4) is 0 Å². The first-order chi connectivity index (χ1) is 11.7. The number of nitrogens with two attached hydrogens (primary N) is 2. The van der Waals surface area contributed by atoms with Crippen LogP contribution in [-0.4, -0.2) is 13.4 Å². The molecule has 136 valence electrons. The minimum Gasteiger partial charge on any atom is -0.390 e. The van der Waals surface area contributed by atoms with Crippen LogP contribution in [0.2, 0.25) is 0 Å². The van der Waals surface area contributed by atoms with Crippen molar-refractivity contribution in [2.45, 2.75) is 71.8 Å². The number of benzene rings is 1. The molecule has 0 aromatic heterocycles. The molecule has 0 spiro atoms. The Morgan fingerprint density at radius 1 is 1.08 bits per heavy atom. The Labute approximate surface area is 148 Å². The van der Waals surface area contributed by atoms with Crippen molar-refractivity contribution in [3.63, 3.8) is 0 Å². The fourth-order valence-electron chi connectivity index (χ4n) is 4.11. The Hall–Kier alpha value is -1.35. The zero-order valence-corrected chi connectivity index (χ0v) is 15.9. The van der Waals surface area contributed by atoms with Crippen molar-refractivity contribution < 1.29 is 0 Å². The quantitative estimate of drug-likeness (QED) is 0.483. The van der Waals surface area contributed by atoms with Gasteiger partial charge in [-0.15, -0.1) is 0 Å². The van der Waals surface area contributed by atoms with Gasteiger partial charge >= 0.3 is 0 Å². The van der Waals surface area contributed by atoms with Gasteiger partial charge in [0.1, 0.15) is 0 Å². The molecule has 0 atom stereocenters. The third-order valence-electron chi connectivity index (χ3n) is 5.22. The van der Waals surface area contributed by atoms with Crippen molar-refractivity contribution in [1.82, 2.24) is 0 Å². The van der Waals surface area contributed by atoms with Crippen molar-refractivity contribution in [2.75, 3.05) is 7.05 Å². The number of aliphatic imine (C=N–C) groups is 1. The lowest BCUT2D eigenvalue weighted by atomic mass is 9.71. The normalized spacial score (nSPS) is 14.5. The molecule has 2 rings (SSSR count). The molecule has 3 heteroatoms. The average Bonchev–Trinajstić information content (AvgIpc) is 3.46. The maximum absolute atomic E-state index is 5.35. The number of aryl methyl sites for hydroxylation is 1. The Morgan fingerprint density at radius 3 is 2.25 bits per heavy atom. The van der Waals surface area contributed by atoms with E-state index in [4.69, 9.17) is 5.73 Å². The molecular weight excluding hydrogens is 294 g/mol. The molecule has 4 N–H and O–H groups in total. The van der Waals surface area contributed by atoms with Gasteiger partial charge in [0.25, 0.3) is 0 Å². The summed E-state index contributed by atoms with van der Waals surface area (Å²) in [5.41, 5.74) is 13.2. The summed E-state index contributed by atoms with van der Waals surface area (Å²) < 4.78 is 0. The van der Waals surface area contributed by atoms with Gasteiger partial charge in [0.2, 0.25) is 0 Å². The van der Waals surface area contributed by atoms with E-state index >= 15 is 0 Å². The van der Waals surface area contributed by atoms with Crippen molar-refractivity contribution >= 4 is 6.34 Å². The van der Waals surface area contributed by atoms with Crippen molar-refractivity contribution in [1.29, 1.82) is 0 Å². The molecule has 0 bridgehead atoms. The largest absolute Gasteiger partial charge is 0.390 e. The first kappa shape index (κ1) is 20.7. The van der Waals surface area contributed by atoms with Crippen LogP contribution in [0.3, 0.4) is 0 Å². The zero-order chi connectivity index (χ0) is 17.8. The van der Waals surface area contributed by atoms with E-state index in [9.17, 15) is 0 Å². The van der Waals surface area contributed by atoms with Gasteiger partial charge in [-0.3, -0.25) is 4.99 Å². The second kappa shape index (κ2) is 11.2. The molecule has 1 aromatic rings. The van der Waals surface area contributed by atoms with Crippen LogP contribution in [0.15, 0.2) is 29.3 Å². The maximum atomic E-state index is 5.35. The Morgan fingerprint density at radius 2 is 1.71 bits per heavy atom. The van der Waals surface area contributed by atoms with Crippen LogP contribution in [0.1, 0.15) is 69.9 Å². The highest BCUT2D eigenvalue weighted by molar-refractivity contribution is 5.51. The Bertz CT molecular complexity index is 472. The van der Waals surface area contributed by atoms with Crippen LogP contribution in [0, 0.1) is 11.3 Å². The fraction of sp³-hybridized carbons (Fsp3) is 0.667. The smallest absolute Gasteiger partial charge is 0.0801 e. The van der Waals surface area contributed by atoms with Crippen molar-refractivity contribution in [3.05, 3.63) is 35.4 Å².